The first-order chi connectivity index (χ1) is 6.36. The topological polar surface area (TPSA) is 60.9 Å². The summed E-state index contributed by atoms with van der Waals surface area (Å²) in [5, 5.41) is 3.54. The fraction of sp³-hybridized carbons (Fsp3) is 0.125. The van der Waals surface area contributed by atoms with E-state index in [9.17, 15) is 4.79 Å². The van der Waals surface area contributed by atoms with Crippen molar-refractivity contribution in [3.8, 4) is 0 Å². The molecule has 0 saturated carbocycles. The van der Waals surface area contributed by atoms with Gasteiger partial charge in [-0.05, 0) is 6.07 Å². The molecule has 0 aliphatic rings. The molecule has 2 aromatic rings. The van der Waals surface area contributed by atoms with Crippen molar-refractivity contribution in [3.05, 3.63) is 47.0 Å². The predicted octanol–water partition coefficient (Wildman–Crippen LogP) is 0.280. The quantitative estimate of drug-likeness (QED) is 0.661. The zero-order chi connectivity index (χ0) is 9.10. The predicted molar refractivity (Wildman–Crippen MR) is 44.1 cm³/mol. The lowest BCUT2D eigenvalue weighted by Gasteiger charge is -1.98. The Kier molecular flexibility index (Phi) is 1.91. The Bertz CT molecular complexity index is 433. The van der Waals surface area contributed by atoms with E-state index in [-0.39, 0.29) is 5.69 Å². The average molecular weight is 177 g/mol. The van der Waals surface area contributed by atoms with Crippen LogP contribution in [0.3, 0.4) is 0 Å². The van der Waals surface area contributed by atoms with Crippen LogP contribution in [0.1, 0.15) is 5.76 Å². The second-order valence-electron chi connectivity index (χ2n) is 2.51. The van der Waals surface area contributed by atoms with Gasteiger partial charge >= 0.3 is 5.69 Å². The van der Waals surface area contributed by atoms with Crippen LogP contribution in [0.4, 0.5) is 0 Å². The molecule has 0 aromatic carbocycles. The molecule has 0 atom stereocenters. The minimum atomic E-state index is -0.293. The Morgan fingerprint density at radius 3 is 3.08 bits per heavy atom. The number of hydrogen-bond acceptors (Lipinski definition) is 4. The Balaban J connectivity index is 2.29. The van der Waals surface area contributed by atoms with Gasteiger partial charge < -0.3 is 4.52 Å². The Hall–Kier alpha value is -1.91. The molecular formula is C8H7N3O2. The molecule has 0 unspecified atom stereocenters. The SMILES string of the molecule is O=c1ncccn1Cc1ccno1. The van der Waals surface area contributed by atoms with Gasteiger partial charge in [0, 0.05) is 18.5 Å². The molecule has 2 rings (SSSR count). The molecule has 0 aliphatic heterocycles. The molecule has 0 radical (unpaired) electrons. The van der Waals surface area contributed by atoms with Gasteiger partial charge in [0.2, 0.25) is 0 Å². The first-order valence-corrected chi connectivity index (χ1v) is 3.77. The summed E-state index contributed by atoms with van der Waals surface area (Å²) in [6.07, 6.45) is 4.65. The van der Waals surface area contributed by atoms with Crippen LogP contribution in [0.15, 0.2) is 40.0 Å². The Morgan fingerprint density at radius 1 is 1.46 bits per heavy atom. The van der Waals surface area contributed by atoms with Gasteiger partial charge in [0.25, 0.3) is 0 Å². The molecule has 2 aromatic heterocycles. The maximum Gasteiger partial charge on any atom is 0.347 e. The van der Waals surface area contributed by atoms with Crippen molar-refractivity contribution < 1.29 is 4.52 Å². The van der Waals surface area contributed by atoms with Crippen molar-refractivity contribution in [2.24, 2.45) is 0 Å². The maximum atomic E-state index is 11.1. The molecule has 0 spiro atoms. The normalized spacial score (nSPS) is 10.2. The highest BCUT2D eigenvalue weighted by Gasteiger charge is 1.99. The molecule has 0 fully saturated rings. The zero-order valence-electron chi connectivity index (χ0n) is 6.75. The molecule has 0 aliphatic carbocycles. The summed E-state index contributed by atoms with van der Waals surface area (Å²) in [6.45, 7) is 0.368. The van der Waals surface area contributed by atoms with Gasteiger partial charge in [-0.2, -0.15) is 0 Å². The molecule has 5 heteroatoms. The monoisotopic (exact) mass is 177 g/mol. The summed E-state index contributed by atoms with van der Waals surface area (Å²) in [5.41, 5.74) is -0.293. The van der Waals surface area contributed by atoms with Crippen LogP contribution in [0, 0.1) is 0 Å². The van der Waals surface area contributed by atoms with Crippen molar-refractivity contribution in [1.82, 2.24) is 14.7 Å². The van der Waals surface area contributed by atoms with E-state index in [0.717, 1.165) is 0 Å². The fourth-order valence-electron chi connectivity index (χ4n) is 0.999. The van der Waals surface area contributed by atoms with Gasteiger partial charge in [-0.15, -0.1) is 0 Å². The second kappa shape index (κ2) is 3.22. The molecule has 5 nitrogen and oxygen atoms in total. The van der Waals surface area contributed by atoms with E-state index < -0.39 is 0 Å². The van der Waals surface area contributed by atoms with E-state index >= 15 is 0 Å². The average Bonchev–Trinajstić information content (AvgIpc) is 2.61. The molecule has 66 valence electrons. The van der Waals surface area contributed by atoms with Crippen LogP contribution in [0.2, 0.25) is 0 Å². The molecule has 0 amide bonds. The maximum absolute atomic E-state index is 11.1. The highest BCUT2D eigenvalue weighted by Crippen LogP contribution is 1.97. The summed E-state index contributed by atoms with van der Waals surface area (Å²) >= 11 is 0. The standard InChI is InChI=1S/C8H7N3O2/c12-8-9-3-1-5-11(8)6-7-2-4-10-13-7/h1-5H,6H2. The Morgan fingerprint density at radius 2 is 2.38 bits per heavy atom. The van der Waals surface area contributed by atoms with E-state index in [4.69, 9.17) is 4.52 Å². The van der Waals surface area contributed by atoms with Crippen LogP contribution in [0.25, 0.3) is 0 Å². The van der Waals surface area contributed by atoms with Crippen LogP contribution < -0.4 is 5.69 Å². The van der Waals surface area contributed by atoms with Gasteiger partial charge in [-0.3, -0.25) is 4.57 Å². The lowest BCUT2D eigenvalue weighted by Crippen LogP contribution is -2.21. The number of nitrogens with zero attached hydrogens (tertiary/aromatic N) is 3. The van der Waals surface area contributed by atoms with E-state index in [2.05, 4.69) is 10.1 Å². The van der Waals surface area contributed by atoms with E-state index in [1.165, 1.54) is 17.0 Å². The highest BCUT2D eigenvalue weighted by molar-refractivity contribution is 4.95. The summed E-state index contributed by atoms with van der Waals surface area (Å²) < 4.78 is 6.30. The van der Waals surface area contributed by atoms with Crippen LogP contribution >= 0.6 is 0 Å². The van der Waals surface area contributed by atoms with Gasteiger partial charge in [0.1, 0.15) is 0 Å². The summed E-state index contributed by atoms with van der Waals surface area (Å²) in [5.74, 6) is 0.634. The fourth-order valence-corrected chi connectivity index (χ4v) is 0.999. The third kappa shape index (κ3) is 1.64. The highest BCUT2D eigenvalue weighted by atomic mass is 16.5. The number of aromatic nitrogens is 3. The molecule has 0 N–H and O–H groups in total. The van der Waals surface area contributed by atoms with Gasteiger partial charge in [-0.25, -0.2) is 9.78 Å². The van der Waals surface area contributed by atoms with Crippen molar-refractivity contribution in [2.75, 3.05) is 0 Å². The van der Waals surface area contributed by atoms with Gasteiger partial charge in [-0.1, -0.05) is 5.16 Å². The minimum Gasteiger partial charge on any atom is -0.359 e. The van der Waals surface area contributed by atoms with Crippen molar-refractivity contribution in [2.45, 2.75) is 6.54 Å². The number of hydrogen-bond donors (Lipinski definition) is 0. The van der Waals surface area contributed by atoms with Gasteiger partial charge in [0.15, 0.2) is 5.76 Å². The van der Waals surface area contributed by atoms with E-state index in [1.807, 2.05) is 0 Å². The largest absolute Gasteiger partial charge is 0.359 e. The van der Waals surface area contributed by atoms with Crippen molar-refractivity contribution in [3.63, 3.8) is 0 Å². The first-order valence-electron chi connectivity index (χ1n) is 3.77. The Labute approximate surface area is 73.6 Å². The van der Waals surface area contributed by atoms with Crippen molar-refractivity contribution >= 4 is 0 Å². The lowest BCUT2D eigenvalue weighted by molar-refractivity contribution is 0.374. The second-order valence-corrected chi connectivity index (χ2v) is 2.51. The van der Waals surface area contributed by atoms with E-state index in [0.29, 0.717) is 12.3 Å². The summed E-state index contributed by atoms with van der Waals surface area (Å²) in [7, 11) is 0. The molecule has 13 heavy (non-hydrogen) atoms. The third-order valence-electron chi connectivity index (χ3n) is 1.60. The number of rotatable bonds is 2. The summed E-state index contributed by atoms with van der Waals surface area (Å²) in [6, 6.07) is 3.40. The summed E-state index contributed by atoms with van der Waals surface area (Å²) in [4.78, 5) is 14.7. The van der Waals surface area contributed by atoms with Gasteiger partial charge in [0.05, 0.1) is 12.7 Å². The molecule has 0 bridgehead atoms. The van der Waals surface area contributed by atoms with E-state index in [1.54, 1.807) is 18.3 Å². The zero-order valence-corrected chi connectivity index (χ0v) is 6.75. The smallest absolute Gasteiger partial charge is 0.347 e. The third-order valence-corrected chi connectivity index (χ3v) is 1.60. The van der Waals surface area contributed by atoms with Crippen molar-refractivity contribution in [1.29, 1.82) is 0 Å². The molecule has 0 saturated heterocycles. The molecule has 2 heterocycles. The van der Waals surface area contributed by atoms with Crippen LogP contribution in [0.5, 0.6) is 0 Å². The molecular weight excluding hydrogens is 170 g/mol. The first kappa shape index (κ1) is 7.72. The van der Waals surface area contributed by atoms with Crippen LogP contribution in [-0.2, 0) is 6.54 Å². The lowest BCUT2D eigenvalue weighted by atomic mass is 10.4. The van der Waals surface area contributed by atoms with Crippen LogP contribution in [-0.4, -0.2) is 14.7 Å². The minimum absolute atomic E-state index is 0.293.